The van der Waals surface area contributed by atoms with Crippen LogP contribution in [0.1, 0.15) is 64.2 Å². The molecular weight excluding hydrogens is 444 g/mol. The zero-order valence-corrected chi connectivity index (χ0v) is 21.9. The van der Waals surface area contributed by atoms with Crippen LogP contribution in [-0.4, -0.2) is 83.9 Å². The molecule has 4 aliphatic rings. The van der Waals surface area contributed by atoms with E-state index in [9.17, 15) is 0 Å². The fraction of sp³-hybridized carbons (Fsp3) is 0.600. The highest BCUT2D eigenvalue weighted by molar-refractivity contribution is 6.04. The van der Waals surface area contributed by atoms with Gasteiger partial charge in [-0.2, -0.15) is 0 Å². The lowest BCUT2D eigenvalue weighted by Gasteiger charge is -2.38. The first-order valence-corrected chi connectivity index (χ1v) is 14.6. The van der Waals surface area contributed by atoms with Gasteiger partial charge in [-0.25, -0.2) is 9.98 Å². The molecule has 36 heavy (non-hydrogen) atoms. The molecule has 4 fully saturated rings. The summed E-state index contributed by atoms with van der Waals surface area (Å²) in [5.41, 5.74) is 2.14. The number of fused-ring (bicyclic) bond motifs is 1. The van der Waals surface area contributed by atoms with Crippen LogP contribution in [0.3, 0.4) is 0 Å². The van der Waals surface area contributed by atoms with E-state index < -0.39 is 0 Å². The lowest BCUT2D eigenvalue weighted by Crippen LogP contribution is -2.48. The number of benzene rings is 2. The molecule has 0 unspecified atom stereocenters. The molecule has 0 bridgehead atoms. The molecule has 6 nitrogen and oxygen atoms in total. The van der Waals surface area contributed by atoms with Crippen LogP contribution < -0.4 is 0 Å². The van der Waals surface area contributed by atoms with Crippen molar-refractivity contribution in [3.05, 3.63) is 36.4 Å². The summed E-state index contributed by atoms with van der Waals surface area (Å²) in [6, 6.07) is 13.2. The lowest BCUT2D eigenvalue weighted by molar-refractivity contribution is 0.257. The number of nitrogens with zero attached hydrogens (tertiary/aromatic N) is 6. The third-order valence-corrected chi connectivity index (χ3v) is 8.36. The Labute approximate surface area is 216 Å². The highest BCUT2D eigenvalue weighted by atomic mass is 15.4. The maximum atomic E-state index is 5.47. The summed E-state index contributed by atoms with van der Waals surface area (Å²) >= 11 is 0. The van der Waals surface area contributed by atoms with Gasteiger partial charge in [0.1, 0.15) is 0 Å². The van der Waals surface area contributed by atoms with Gasteiger partial charge >= 0.3 is 0 Å². The fourth-order valence-corrected chi connectivity index (χ4v) is 6.41. The number of hydrogen-bond donors (Lipinski definition) is 0. The monoisotopic (exact) mass is 486 g/mol. The minimum atomic E-state index is 1.07. The van der Waals surface area contributed by atoms with Crippen molar-refractivity contribution in [2.45, 2.75) is 64.2 Å². The van der Waals surface area contributed by atoms with Crippen LogP contribution in [0.5, 0.6) is 0 Å². The predicted molar refractivity (Wildman–Crippen MR) is 151 cm³/mol. The normalized spacial score (nSPS) is 20.8. The third-order valence-electron chi connectivity index (χ3n) is 8.36. The van der Waals surface area contributed by atoms with Crippen molar-refractivity contribution in [1.29, 1.82) is 0 Å². The van der Waals surface area contributed by atoms with E-state index in [0.717, 1.165) is 63.7 Å². The van der Waals surface area contributed by atoms with Gasteiger partial charge in [0.25, 0.3) is 0 Å². The topological polar surface area (TPSA) is 37.7 Å². The molecule has 0 spiro atoms. The van der Waals surface area contributed by atoms with Crippen LogP contribution in [0, 0.1) is 0 Å². The molecule has 4 saturated heterocycles. The number of rotatable bonds is 2. The van der Waals surface area contributed by atoms with E-state index in [-0.39, 0.29) is 0 Å². The molecule has 0 aliphatic carbocycles. The lowest BCUT2D eigenvalue weighted by atomic mass is 10.1. The highest BCUT2D eigenvalue weighted by Crippen LogP contribution is 2.36. The van der Waals surface area contributed by atoms with E-state index in [1.54, 1.807) is 0 Å². The molecule has 6 rings (SSSR count). The molecule has 0 N–H and O–H groups in total. The van der Waals surface area contributed by atoms with E-state index in [4.69, 9.17) is 9.98 Å². The number of hydrogen-bond acceptors (Lipinski definition) is 2. The smallest absolute Gasteiger partial charge is 0.201 e. The van der Waals surface area contributed by atoms with Gasteiger partial charge in [-0.05, 0) is 81.7 Å². The van der Waals surface area contributed by atoms with Crippen LogP contribution in [0.15, 0.2) is 46.4 Å². The summed E-state index contributed by atoms with van der Waals surface area (Å²) in [5, 5.41) is 2.43. The van der Waals surface area contributed by atoms with Crippen molar-refractivity contribution >= 4 is 34.1 Å². The minimum Gasteiger partial charge on any atom is -0.343 e. The van der Waals surface area contributed by atoms with Gasteiger partial charge in [-0.15, -0.1) is 0 Å². The van der Waals surface area contributed by atoms with Crippen LogP contribution >= 0.6 is 0 Å². The molecule has 0 aromatic heterocycles. The Bertz CT molecular complexity index is 1040. The highest BCUT2D eigenvalue weighted by Gasteiger charge is 2.26. The van der Waals surface area contributed by atoms with Crippen LogP contribution in [0.2, 0.25) is 0 Å². The minimum absolute atomic E-state index is 1.07. The van der Waals surface area contributed by atoms with Crippen molar-refractivity contribution < 1.29 is 0 Å². The molecule has 2 aromatic carbocycles. The molecule has 4 heterocycles. The Morgan fingerprint density at radius 1 is 0.444 bits per heavy atom. The summed E-state index contributed by atoms with van der Waals surface area (Å²) in [7, 11) is 0. The first kappa shape index (κ1) is 23.6. The number of guanidine groups is 2. The Kier molecular flexibility index (Phi) is 7.29. The van der Waals surface area contributed by atoms with Gasteiger partial charge in [0.15, 0.2) is 0 Å². The standard InChI is InChI=1S/C30H42N6/c1-3-17-33(18-4-1)29(34-19-5-2-6-20-34)31-26-15-11-13-25-14-12-16-27(28(25)26)32-30(35-21-7-8-22-35)36-23-9-10-24-36/h11-16H,1-10,17-24H2. The van der Waals surface area contributed by atoms with Gasteiger partial charge < -0.3 is 19.6 Å². The Balaban J connectivity index is 1.45. The van der Waals surface area contributed by atoms with E-state index in [1.807, 2.05) is 0 Å². The average molecular weight is 487 g/mol. The molecule has 0 radical (unpaired) electrons. The van der Waals surface area contributed by atoms with E-state index >= 15 is 0 Å². The third kappa shape index (κ3) is 5.05. The maximum Gasteiger partial charge on any atom is 0.201 e. The molecule has 192 valence electrons. The summed E-state index contributed by atoms with van der Waals surface area (Å²) < 4.78 is 0. The summed E-state index contributed by atoms with van der Waals surface area (Å²) in [6.45, 7) is 8.99. The van der Waals surface area contributed by atoms with Gasteiger partial charge in [-0.1, -0.05) is 24.3 Å². The first-order chi connectivity index (χ1) is 17.9. The van der Waals surface area contributed by atoms with Gasteiger partial charge in [0, 0.05) is 57.7 Å². The largest absolute Gasteiger partial charge is 0.343 e. The zero-order valence-electron chi connectivity index (χ0n) is 21.9. The Morgan fingerprint density at radius 3 is 1.14 bits per heavy atom. The molecule has 2 aromatic rings. The number of piperidine rings is 2. The SMILES string of the molecule is c1cc(N=C(N2CCCCC2)N2CCCCC2)c2c(N=C(N3CCCC3)N3CCCC3)cccc2c1. The molecule has 6 heteroatoms. The van der Waals surface area contributed by atoms with Crippen molar-refractivity contribution in [1.82, 2.24) is 19.6 Å². The fourth-order valence-electron chi connectivity index (χ4n) is 6.41. The molecule has 4 aliphatic heterocycles. The zero-order chi connectivity index (χ0) is 24.2. The van der Waals surface area contributed by atoms with Crippen LogP contribution in [-0.2, 0) is 0 Å². The number of aliphatic imine (C=N–C) groups is 2. The Hall–Kier alpha value is -2.76. The van der Waals surface area contributed by atoms with Crippen molar-refractivity contribution in [3.63, 3.8) is 0 Å². The predicted octanol–water partition coefficient (Wildman–Crippen LogP) is 5.98. The number of likely N-dealkylation sites (tertiary alicyclic amines) is 4. The second-order valence-electron chi connectivity index (χ2n) is 11.0. The average Bonchev–Trinajstić information content (AvgIpc) is 3.67. The molecule has 0 saturated carbocycles. The van der Waals surface area contributed by atoms with Crippen molar-refractivity contribution in [2.24, 2.45) is 9.98 Å². The quantitative estimate of drug-likeness (QED) is 0.387. The second kappa shape index (κ2) is 11.1. The van der Waals surface area contributed by atoms with Gasteiger partial charge in [0.05, 0.1) is 11.4 Å². The summed E-state index contributed by atoms with van der Waals surface area (Å²) in [4.78, 5) is 21.0. The summed E-state index contributed by atoms with van der Waals surface area (Å²) in [5.74, 6) is 2.38. The Morgan fingerprint density at radius 2 is 0.778 bits per heavy atom. The van der Waals surface area contributed by atoms with E-state index in [0.29, 0.717) is 0 Å². The molecule has 0 amide bonds. The van der Waals surface area contributed by atoms with Gasteiger partial charge in [0.2, 0.25) is 11.9 Å². The van der Waals surface area contributed by atoms with E-state index in [1.165, 1.54) is 86.9 Å². The van der Waals surface area contributed by atoms with Gasteiger partial charge in [-0.3, -0.25) is 0 Å². The van der Waals surface area contributed by atoms with E-state index in [2.05, 4.69) is 56.0 Å². The van der Waals surface area contributed by atoms with Crippen molar-refractivity contribution in [3.8, 4) is 0 Å². The van der Waals surface area contributed by atoms with Crippen LogP contribution in [0.4, 0.5) is 11.4 Å². The second-order valence-corrected chi connectivity index (χ2v) is 11.0. The maximum absolute atomic E-state index is 5.47. The first-order valence-electron chi connectivity index (χ1n) is 14.6. The molecule has 0 atom stereocenters. The molecular formula is C30H42N6. The van der Waals surface area contributed by atoms with Crippen LogP contribution in [0.25, 0.3) is 10.8 Å². The van der Waals surface area contributed by atoms with Crippen molar-refractivity contribution in [2.75, 3.05) is 52.4 Å². The summed E-state index contributed by atoms with van der Waals surface area (Å²) in [6.07, 6.45) is 12.8.